The van der Waals surface area contributed by atoms with Gasteiger partial charge in [0.15, 0.2) is 0 Å². The summed E-state index contributed by atoms with van der Waals surface area (Å²) in [6, 6.07) is 6.81. The first-order valence-corrected chi connectivity index (χ1v) is 8.00. The van der Waals surface area contributed by atoms with Crippen LogP contribution in [-0.2, 0) is 6.54 Å². The highest BCUT2D eigenvalue weighted by molar-refractivity contribution is 5.48. The largest absolute Gasteiger partial charge is 0.337 e. The van der Waals surface area contributed by atoms with E-state index in [1.54, 1.807) is 6.20 Å². The lowest BCUT2D eigenvalue weighted by atomic mass is 10.0. The van der Waals surface area contributed by atoms with Crippen LogP contribution in [0.1, 0.15) is 36.4 Å². The number of aromatic nitrogens is 3. The Hall–Kier alpha value is -2.67. The van der Waals surface area contributed by atoms with Crippen molar-refractivity contribution in [2.24, 2.45) is 0 Å². The van der Waals surface area contributed by atoms with Gasteiger partial charge < -0.3 is 9.84 Å². The molecule has 2 aromatic heterocycles. The molecule has 0 amide bonds. The number of halogens is 2. The van der Waals surface area contributed by atoms with Gasteiger partial charge in [-0.3, -0.25) is 4.98 Å². The number of pyridine rings is 1. The maximum atomic E-state index is 13.9. The van der Waals surface area contributed by atoms with E-state index in [0.29, 0.717) is 23.8 Å². The first kappa shape index (κ1) is 17.2. The zero-order valence-corrected chi connectivity index (χ0v) is 14.0. The molecule has 3 rings (SSSR count). The van der Waals surface area contributed by atoms with Crippen LogP contribution in [-0.4, -0.2) is 15.1 Å². The van der Waals surface area contributed by atoms with Gasteiger partial charge >= 0.3 is 0 Å². The Morgan fingerprint density at radius 2 is 2.04 bits per heavy atom. The van der Waals surface area contributed by atoms with Crippen molar-refractivity contribution in [3.05, 3.63) is 65.2 Å². The van der Waals surface area contributed by atoms with E-state index in [1.807, 2.05) is 26.0 Å². The Balaban J connectivity index is 1.71. The summed E-state index contributed by atoms with van der Waals surface area (Å²) in [5.74, 6) is -0.169. The third-order valence-corrected chi connectivity index (χ3v) is 3.85. The van der Waals surface area contributed by atoms with Crippen molar-refractivity contribution >= 4 is 0 Å². The third-order valence-electron chi connectivity index (χ3n) is 3.85. The normalized spacial score (nSPS) is 12.3. The molecular formula is C18H18F2N4O. The highest BCUT2D eigenvalue weighted by Gasteiger charge is 2.16. The third kappa shape index (κ3) is 4.06. The molecule has 1 atom stereocenters. The van der Waals surface area contributed by atoms with Gasteiger partial charge in [0.25, 0.3) is 0 Å². The molecule has 2 heterocycles. The Morgan fingerprint density at radius 3 is 2.80 bits per heavy atom. The molecule has 3 aromatic rings. The highest BCUT2D eigenvalue weighted by atomic mass is 19.1. The van der Waals surface area contributed by atoms with Crippen LogP contribution >= 0.6 is 0 Å². The molecule has 0 aliphatic carbocycles. The second-order valence-electron chi connectivity index (χ2n) is 5.74. The molecular weight excluding hydrogens is 326 g/mol. The number of benzene rings is 1. The van der Waals surface area contributed by atoms with Crippen LogP contribution in [0.5, 0.6) is 0 Å². The molecule has 0 radical (unpaired) electrons. The van der Waals surface area contributed by atoms with E-state index in [2.05, 4.69) is 20.4 Å². The van der Waals surface area contributed by atoms with Crippen LogP contribution in [0.2, 0.25) is 0 Å². The van der Waals surface area contributed by atoms with Gasteiger partial charge in [0.1, 0.15) is 17.3 Å². The van der Waals surface area contributed by atoms with Gasteiger partial charge in [0.2, 0.25) is 11.7 Å². The number of hydrogen-bond donors (Lipinski definition) is 1. The molecule has 0 aliphatic heterocycles. The summed E-state index contributed by atoms with van der Waals surface area (Å²) in [4.78, 5) is 8.50. The molecule has 5 nitrogen and oxygen atoms in total. The van der Waals surface area contributed by atoms with E-state index < -0.39 is 11.6 Å². The lowest BCUT2D eigenvalue weighted by Gasteiger charge is -2.17. The molecule has 0 saturated heterocycles. The van der Waals surface area contributed by atoms with Gasteiger partial charge in [-0.2, -0.15) is 4.98 Å². The Bertz CT molecular complexity index is 866. The predicted octanol–water partition coefficient (Wildman–Crippen LogP) is 3.96. The second kappa shape index (κ2) is 7.48. The second-order valence-corrected chi connectivity index (χ2v) is 5.74. The summed E-state index contributed by atoms with van der Waals surface area (Å²) in [5.41, 5.74) is 1.95. The molecule has 7 heteroatoms. The van der Waals surface area contributed by atoms with Crippen molar-refractivity contribution in [1.29, 1.82) is 0 Å². The first-order chi connectivity index (χ1) is 12.1. The van der Waals surface area contributed by atoms with E-state index >= 15 is 0 Å². The number of nitrogens with zero attached hydrogens (tertiary/aromatic N) is 3. The van der Waals surface area contributed by atoms with Crippen molar-refractivity contribution in [2.45, 2.75) is 32.9 Å². The maximum absolute atomic E-state index is 13.9. The van der Waals surface area contributed by atoms with Crippen molar-refractivity contribution in [1.82, 2.24) is 20.4 Å². The van der Waals surface area contributed by atoms with E-state index in [4.69, 9.17) is 4.52 Å². The summed E-state index contributed by atoms with van der Waals surface area (Å²) >= 11 is 0. The van der Waals surface area contributed by atoms with Gasteiger partial charge in [0.05, 0.1) is 6.54 Å². The fourth-order valence-electron chi connectivity index (χ4n) is 2.56. The number of aryl methyl sites for hydroxylation is 1. The zero-order chi connectivity index (χ0) is 17.8. The summed E-state index contributed by atoms with van der Waals surface area (Å²) in [6.07, 6.45) is 2.26. The molecule has 0 spiro atoms. The van der Waals surface area contributed by atoms with Crippen molar-refractivity contribution in [3.63, 3.8) is 0 Å². The monoisotopic (exact) mass is 344 g/mol. The molecule has 0 saturated carbocycles. The fourth-order valence-corrected chi connectivity index (χ4v) is 2.56. The topological polar surface area (TPSA) is 63.8 Å². The summed E-state index contributed by atoms with van der Waals surface area (Å²) in [5, 5.41) is 7.04. The van der Waals surface area contributed by atoms with Gasteiger partial charge in [-0.1, -0.05) is 12.1 Å². The summed E-state index contributed by atoms with van der Waals surface area (Å²) in [7, 11) is 0. The van der Waals surface area contributed by atoms with Crippen LogP contribution in [0, 0.1) is 18.6 Å². The number of rotatable bonds is 6. The smallest absolute Gasteiger partial charge is 0.240 e. The molecule has 1 N–H and O–H groups in total. The van der Waals surface area contributed by atoms with Crippen LogP contribution in [0.3, 0.4) is 0 Å². The van der Waals surface area contributed by atoms with Crippen LogP contribution in [0.15, 0.2) is 41.1 Å². The van der Waals surface area contributed by atoms with E-state index in [9.17, 15) is 8.78 Å². The Morgan fingerprint density at radius 1 is 1.20 bits per heavy atom. The number of nitrogens with one attached hydrogen (secondary N) is 1. The number of hydrogen-bond acceptors (Lipinski definition) is 5. The minimum atomic E-state index is -0.470. The Kier molecular flexibility index (Phi) is 5.14. The van der Waals surface area contributed by atoms with Crippen LogP contribution in [0.25, 0.3) is 11.5 Å². The van der Waals surface area contributed by atoms with Gasteiger partial charge in [-0.15, -0.1) is 0 Å². The average Bonchev–Trinajstić information content (AvgIpc) is 3.07. The van der Waals surface area contributed by atoms with Crippen LogP contribution < -0.4 is 5.32 Å². The SMILES string of the molecule is CCC(NCc1nc(-c2cc(C)ccn2)no1)c1cc(F)ccc1F. The quantitative estimate of drug-likeness (QED) is 0.733. The zero-order valence-electron chi connectivity index (χ0n) is 14.0. The Labute approximate surface area is 144 Å². The van der Waals surface area contributed by atoms with E-state index in [1.165, 1.54) is 6.07 Å². The first-order valence-electron chi connectivity index (χ1n) is 8.00. The lowest BCUT2D eigenvalue weighted by Crippen LogP contribution is -2.21. The van der Waals surface area contributed by atoms with Gasteiger partial charge in [-0.25, -0.2) is 8.78 Å². The van der Waals surface area contributed by atoms with Crippen molar-refractivity contribution in [2.75, 3.05) is 0 Å². The molecule has 0 aliphatic rings. The predicted molar refractivity (Wildman–Crippen MR) is 88.5 cm³/mol. The standard InChI is InChI=1S/C18H18F2N4O/c1-3-15(13-9-12(19)4-5-14(13)20)22-10-17-23-18(24-25-17)16-8-11(2)6-7-21-16/h4-9,15,22H,3,10H2,1-2H3. The molecule has 1 unspecified atom stereocenters. The molecule has 25 heavy (non-hydrogen) atoms. The minimum Gasteiger partial charge on any atom is -0.337 e. The average molecular weight is 344 g/mol. The van der Waals surface area contributed by atoms with E-state index in [0.717, 1.165) is 17.7 Å². The van der Waals surface area contributed by atoms with Crippen LogP contribution in [0.4, 0.5) is 8.78 Å². The molecule has 0 fully saturated rings. The fraction of sp³-hybridized carbons (Fsp3) is 0.278. The summed E-state index contributed by atoms with van der Waals surface area (Å²) < 4.78 is 32.5. The lowest BCUT2D eigenvalue weighted by molar-refractivity contribution is 0.354. The van der Waals surface area contributed by atoms with E-state index in [-0.39, 0.29) is 18.2 Å². The molecule has 130 valence electrons. The minimum absolute atomic E-state index is 0.243. The highest BCUT2D eigenvalue weighted by Crippen LogP contribution is 2.22. The maximum Gasteiger partial charge on any atom is 0.240 e. The molecule has 0 bridgehead atoms. The van der Waals surface area contributed by atoms with Crippen molar-refractivity contribution in [3.8, 4) is 11.5 Å². The van der Waals surface area contributed by atoms with Gasteiger partial charge in [0, 0.05) is 17.8 Å². The van der Waals surface area contributed by atoms with Gasteiger partial charge in [-0.05, 0) is 49.2 Å². The summed E-state index contributed by atoms with van der Waals surface area (Å²) in [6.45, 7) is 4.08. The van der Waals surface area contributed by atoms with Crippen molar-refractivity contribution < 1.29 is 13.3 Å². The molecule has 1 aromatic carbocycles.